The average Bonchev–Trinajstić information content (AvgIpc) is 3.47. The van der Waals surface area contributed by atoms with Gasteiger partial charge in [0.2, 0.25) is 11.8 Å². The molecule has 1 aromatic heterocycles. The van der Waals surface area contributed by atoms with Crippen molar-refractivity contribution in [2.24, 2.45) is 11.8 Å². The molecule has 2 N–H and O–H groups in total. The summed E-state index contributed by atoms with van der Waals surface area (Å²) in [6.45, 7) is 2.21. The summed E-state index contributed by atoms with van der Waals surface area (Å²) >= 11 is 0. The van der Waals surface area contributed by atoms with Crippen LogP contribution in [0.1, 0.15) is 11.3 Å². The van der Waals surface area contributed by atoms with E-state index in [0.29, 0.717) is 31.9 Å². The third-order valence-electron chi connectivity index (χ3n) is 6.21. The van der Waals surface area contributed by atoms with Crippen LogP contribution < -0.4 is 15.8 Å². The number of hydrogen-bond acceptors (Lipinski definition) is 5. The summed E-state index contributed by atoms with van der Waals surface area (Å²) in [7, 11) is 0. The summed E-state index contributed by atoms with van der Waals surface area (Å²) in [5, 5.41) is 4.60. The molecule has 5 rings (SSSR count). The lowest BCUT2D eigenvalue weighted by atomic mass is 9.83. The molecule has 7 heteroatoms. The van der Waals surface area contributed by atoms with Gasteiger partial charge in [-0.15, -0.1) is 0 Å². The first-order valence-electron chi connectivity index (χ1n) is 10.9. The number of carbonyl (C=O) groups excluding carboxylic acids is 2. The van der Waals surface area contributed by atoms with Crippen LogP contribution >= 0.6 is 0 Å². The summed E-state index contributed by atoms with van der Waals surface area (Å²) in [6.07, 6.45) is 1.59. The van der Waals surface area contributed by atoms with E-state index in [4.69, 9.17) is 4.42 Å². The summed E-state index contributed by atoms with van der Waals surface area (Å²) in [4.78, 5) is 28.8. The van der Waals surface area contributed by atoms with E-state index in [-0.39, 0.29) is 29.7 Å². The molecule has 3 heterocycles. The number of hydrazine groups is 1. The Labute approximate surface area is 187 Å². The zero-order valence-corrected chi connectivity index (χ0v) is 17.7. The van der Waals surface area contributed by atoms with Gasteiger partial charge in [-0.2, -0.15) is 0 Å². The summed E-state index contributed by atoms with van der Waals surface area (Å²) in [6, 6.07) is 23.1. The van der Waals surface area contributed by atoms with Crippen molar-refractivity contribution >= 4 is 17.5 Å². The lowest BCUT2D eigenvalue weighted by molar-refractivity contribution is -0.130. The van der Waals surface area contributed by atoms with Crippen LogP contribution in [0.5, 0.6) is 0 Å². The molecule has 0 aliphatic carbocycles. The van der Waals surface area contributed by atoms with E-state index in [1.165, 1.54) is 5.56 Å². The second kappa shape index (κ2) is 8.98. The minimum absolute atomic E-state index is 0.00259. The topological polar surface area (TPSA) is 77.8 Å². The highest BCUT2D eigenvalue weighted by molar-refractivity contribution is 5.98. The first kappa shape index (κ1) is 20.5. The first-order valence-corrected chi connectivity index (χ1v) is 10.9. The first-order chi connectivity index (χ1) is 15.7. The maximum Gasteiger partial charge on any atom is 0.247 e. The molecule has 3 aromatic rings. The van der Waals surface area contributed by atoms with E-state index in [2.05, 4.69) is 27.8 Å². The van der Waals surface area contributed by atoms with E-state index in [9.17, 15) is 9.59 Å². The van der Waals surface area contributed by atoms with Crippen LogP contribution in [-0.4, -0.2) is 35.8 Å². The third kappa shape index (κ3) is 4.17. The van der Waals surface area contributed by atoms with Crippen LogP contribution in [0.25, 0.3) is 0 Å². The van der Waals surface area contributed by atoms with Crippen LogP contribution in [-0.2, 0) is 22.7 Å². The molecule has 2 saturated heterocycles. The second-order valence-electron chi connectivity index (χ2n) is 8.35. The van der Waals surface area contributed by atoms with Crippen molar-refractivity contribution in [2.45, 2.75) is 19.1 Å². The standard InChI is InChI=1S/C25H26N4O3/c30-24(26-14-20-12-7-13-32-20)21-16-28(15-18-8-3-1-4-9-18)17-22-23(21)27-29(25(22)31)19-10-5-2-6-11-19/h1-13,21-23,27H,14-17H2,(H,26,30). The lowest BCUT2D eigenvalue weighted by Gasteiger charge is -2.38. The number of piperidine rings is 1. The van der Waals surface area contributed by atoms with E-state index in [0.717, 1.165) is 5.69 Å². The fraction of sp³-hybridized carbons (Fsp3) is 0.280. The SMILES string of the molecule is O=C(NCc1ccco1)C1CN(Cc2ccccc2)CC2C(=O)N(c3ccccc3)NC12. The van der Waals surface area contributed by atoms with Crippen LogP contribution in [0.2, 0.25) is 0 Å². The quantitative estimate of drug-likeness (QED) is 0.629. The van der Waals surface area contributed by atoms with Crippen molar-refractivity contribution in [3.63, 3.8) is 0 Å². The van der Waals surface area contributed by atoms with E-state index < -0.39 is 0 Å². The number of hydrogen-bond donors (Lipinski definition) is 2. The molecular formula is C25H26N4O3. The Hall–Kier alpha value is -3.42. The van der Waals surface area contributed by atoms with Crippen LogP contribution in [0.4, 0.5) is 5.69 Å². The van der Waals surface area contributed by atoms with Gasteiger partial charge in [0.15, 0.2) is 0 Å². The van der Waals surface area contributed by atoms with Gasteiger partial charge in [0.25, 0.3) is 0 Å². The minimum Gasteiger partial charge on any atom is -0.467 e. The zero-order valence-electron chi connectivity index (χ0n) is 17.7. The minimum atomic E-state index is -0.370. The van der Waals surface area contributed by atoms with Crippen molar-refractivity contribution in [3.05, 3.63) is 90.4 Å². The molecule has 0 radical (unpaired) electrons. The molecule has 0 saturated carbocycles. The largest absolute Gasteiger partial charge is 0.467 e. The number of nitrogens with zero attached hydrogens (tertiary/aromatic N) is 2. The van der Waals surface area contributed by atoms with Gasteiger partial charge in [0, 0.05) is 19.6 Å². The predicted molar refractivity (Wildman–Crippen MR) is 120 cm³/mol. The number of fused-ring (bicyclic) bond motifs is 1. The zero-order chi connectivity index (χ0) is 21.9. The fourth-order valence-corrected chi connectivity index (χ4v) is 4.64. The van der Waals surface area contributed by atoms with Crippen LogP contribution in [0, 0.1) is 11.8 Å². The molecule has 2 amide bonds. The van der Waals surface area contributed by atoms with Gasteiger partial charge in [0.05, 0.1) is 36.4 Å². The Bertz CT molecular complexity index is 1060. The molecule has 0 bridgehead atoms. The maximum absolute atomic E-state index is 13.3. The van der Waals surface area contributed by atoms with Gasteiger partial charge in [-0.05, 0) is 29.8 Å². The normalized spacial score (nSPS) is 23.2. The molecule has 2 aliphatic rings. The van der Waals surface area contributed by atoms with E-state index in [1.54, 1.807) is 17.3 Å². The number of likely N-dealkylation sites (tertiary alicyclic amines) is 1. The van der Waals surface area contributed by atoms with Crippen molar-refractivity contribution in [1.82, 2.24) is 15.6 Å². The van der Waals surface area contributed by atoms with E-state index in [1.807, 2.05) is 54.6 Å². The van der Waals surface area contributed by atoms with Gasteiger partial charge in [-0.25, -0.2) is 10.4 Å². The fourth-order valence-electron chi connectivity index (χ4n) is 4.64. The molecule has 2 aromatic carbocycles. The number of benzene rings is 2. The molecule has 2 aliphatic heterocycles. The Balaban J connectivity index is 1.37. The van der Waals surface area contributed by atoms with Gasteiger partial charge in [0.1, 0.15) is 5.76 Å². The Morgan fingerprint density at radius 1 is 1.00 bits per heavy atom. The number of para-hydroxylation sites is 1. The van der Waals surface area contributed by atoms with Crippen molar-refractivity contribution in [1.29, 1.82) is 0 Å². The average molecular weight is 431 g/mol. The van der Waals surface area contributed by atoms with Gasteiger partial charge in [-0.3, -0.25) is 14.5 Å². The number of furan rings is 1. The molecule has 2 fully saturated rings. The molecule has 3 atom stereocenters. The number of rotatable bonds is 6. The lowest BCUT2D eigenvalue weighted by Crippen LogP contribution is -2.56. The second-order valence-corrected chi connectivity index (χ2v) is 8.35. The number of amides is 2. The third-order valence-corrected chi connectivity index (χ3v) is 6.21. The molecule has 164 valence electrons. The smallest absolute Gasteiger partial charge is 0.247 e. The number of nitrogens with one attached hydrogen (secondary N) is 2. The van der Waals surface area contributed by atoms with Gasteiger partial charge < -0.3 is 9.73 Å². The van der Waals surface area contributed by atoms with Crippen molar-refractivity contribution in [3.8, 4) is 0 Å². The van der Waals surface area contributed by atoms with E-state index >= 15 is 0 Å². The maximum atomic E-state index is 13.3. The molecule has 3 unspecified atom stereocenters. The number of carbonyl (C=O) groups is 2. The molecule has 7 nitrogen and oxygen atoms in total. The molecule has 0 spiro atoms. The van der Waals surface area contributed by atoms with Crippen LogP contribution in [0.3, 0.4) is 0 Å². The highest BCUT2D eigenvalue weighted by Crippen LogP contribution is 2.32. The molecule has 32 heavy (non-hydrogen) atoms. The van der Waals surface area contributed by atoms with Gasteiger partial charge in [-0.1, -0.05) is 48.5 Å². The van der Waals surface area contributed by atoms with Crippen molar-refractivity contribution < 1.29 is 14.0 Å². The number of anilines is 1. The van der Waals surface area contributed by atoms with Gasteiger partial charge >= 0.3 is 0 Å². The summed E-state index contributed by atoms with van der Waals surface area (Å²) in [5.41, 5.74) is 5.29. The highest BCUT2D eigenvalue weighted by Gasteiger charge is 2.50. The summed E-state index contributed by atoms with van der Waals surface area (Å²) in [5.74, 6) is -0.0440. The van der Waals surface area contributed by atoms with Crippen molar-refractivity contribution in [2.75, 3.05) is 18.1 Å². The van der Waals surface area contributed by atoms with Crippen LogP contribution in [0.15, 0.2) is 83.5 Å². The predicted octanol–water partition coefficient (Wildman–Crippen LogP) is 2.56. The monoisotopic (exact) mass is 430 g/mol. The Morgan fingerprint density at radius 2 is 1.75 bits per heavy atom. The Morgan fingerprint density at radius 3 is 2.47 bits per heavy atom. The molecular weight excluding hydrogens is 404 g/mol. The highest BCUT2D eigenvalue weighted by atomic mass is 16.3. The summed E-state index contributed by atoms with van der Waals surface area (Å²) < 4.78 is 5.35. The Kier molecular flexibility index (Phi) is 5.75.